The number of benzene rings is 1. The molecule has 112 valence electrons. The first-order valence-electron chi connectivity index (χ1n) is 6.40. The fourth-order valence-electron chi connectivity index (χ4n) is 1.66. The molecule has 1 heterocycles. The van der Waals surface area contributed by atoms with Gasteiger partial charge in [-0.1, -0.05) is 29.8 Å². The Hall–Kier alpha value is -1.47. The van der Waals surface area contributed by atoms with Gasteiger partial charge in [0.15, 0.2) is 5.13 Å². The summed E-state index contributed by atoms with van der Waals surface area (Å²) in [7, 11) is 1.62. The molecule has 7 heteroatoms. The number of hydrogen-bond donors (Lipinski definition) is 2. The number of aromatic nitrogens is 1. The van der Waals surface area contributed by atoms with Crippen molar-refractivity contribution in [1.82, 2.24) is 10.3 Å². The van der Waals surface area contributed by atoms with E-state index in [2.05, 4.69) is 15.6 Å². The average Bonchev–Trinajstić information content (AvgIpc) is 2.92. The molecule has 2 rings (SSSR count). The minimum atomic E-state index is -0.133. The molecule has 2 aromatic rings. The monoisotopic (exact) mass is 325 g/mol. The number of nitrogens with zero attached hydrogens (tertiary/aromatic N) is 1. The molecule has 1 amide bonds. The minimum absolute atomic E-state index is 0.133. The lowest BCUT2D eigenvalue weighted by molar-refractivity contribution is -0.115. The van der Waals surface area contributed by atoms with Crippen LogP contribution in [0.25, 0.3) is 11.3 Å². The van der Waals surface area contributed by atoms with E-state index in [0.29, 0.717) is 23.3 Å². The van der Waals surface area contributed by atoms with Crippen LogP contribution in [0.3, 0.4) is 0 Å². The summed E-state index contributed by atoms with van der Waals surface area (Å²) in [4.78, 5) is 16.1. The Morgan fingerprint density at radius 1 is 1.43 bits per heavy atom. The molecule has 0 radical (unpaired) electrons. The zero-order valence-electron chi connectivity index (χ0n) is 11.6. The molecule has 21 heavy (non-hydrogen) atoms. The van der Waals surface area contributed by atoms with E-state index >= 15 is 0 Å². The van der Waals surface area contributed by atoms with Crippen molar-refractivity contribution in [1.29, 1.82) is 0 Å². The Balaban J connectivity index is 1.91. The quantitative estimate of drug-likeness (QED) is 0.768. The summed E-state index contributed by atoms with van der Waals surface area (Å²) >= 11 is 7.50. The number of halogens is 1. The number of thiazole rings is 1. The predicted molar refractivity (Wildman–Crippen MR) is 85.9 cm³/mol. The number of carbonyl (C=O) groups is 1. The van der Waals surface area contributed by atoms with E-state index in [9.17, 15) is 4.79 Å². The van der Waals surface area contributed by atoms with Crippen LogP contribution in [0, 0.1) is 0 Å². The zero-order valence-corrected chi connectivity index (χ0v) is 13.1. The van der Waals surface area contributed by atoms with Gasteiger partial charge in [-0.05, 0) is 6.07 Å². The van der Waals surface area contributed by atoms with Crippen molar-refractivity contribution >= 4 is 34.0 Å². The lowest BCUT2D eigenvalue weighted by atomic mass is 10.2. The molecule has 0 aliphatic heterocycles. The summed E-state index contributed by atoms with van der Waals surface area (Å²) < 4.78 is 4.89. The molecule has 0 saturated carbocycles. The van der Waals surface area contributed by atoms with E-state index in [1.807, 2.05) is 29.6 Å². The number of anilines is 1. The Morgan fingerprint density at radius 2 is 2.24 bits per heavy atom. The van der Waals surface area contributed by atoms with Crippen LogP contribution >= 0.6 is 22.9 Å². The first-order chi connectivity index (χ1) is 10.2. The van der Waals surface area contributed by atoms with Crippen molar-refractivity contribution in [2.45, 2.75) is 0 Å². The first kappa shape index (κ1) is 15.9. The third kappa shape index (κ3) is 4.78. The second-order valence-electron chi connectivity index (χ2n) is 4.24. The van der Waals surface area contributed by atoms with E-state index in [-0.39, 0.29) is 12.5 Å². The van der Waals surface area contributed by atoms with E-state index in [4.69, 9.17) is 16.3 Å². The number of rotatable bonds is 7. The van der Waals surface area contributed by atoms with Gasteiger partial charge >= 0.3 is 0 Å². The second-order valence-corrected chi connectivity index (χ2v) is 5.50. The van der Waals surface area contributed by atoms with E-state index < -0.39 is 0 Å². The molecule has 0 saturated heterocycles. The maximum absolute atomic E-state index is 11.7. The minimum Gasteiger partial charge on any atom is -0.383 e. The van der Waals surface area contributed by atoms with E-state index in [0.717, 1.165) is 11.3 Å². The lowest BCUT2D eigenvalue weighted by Crippen LogP contribution is -2.30. The average molecular weight is 326 g/mol. The first-order valence-corrected chi connectivity index (χ1v) is 7.66. The lowest BCUT2D eigenvalue weighted by Gasteiger charge is -2.03. The summed E-state index contributed by atoms with van der Waals surface area (Å²) in [5.41, 5.74) is 1.61. The molecule has 0 spiro atoms. The van der Waals surface area contributed by atoms with Crippen molar-refractivity contribution in [3.63, 3.8) is 0 Å². The highest BCUT2D eigenvalue weighted by atomic mass is 35.5. The highest BCUT2D eigenvalue weighted by molar-refractivity contribution is 7.14. The van der Waals surface area contributed by atoms with Crippen molar-refractivity contribution in [2.75, 3.05) is 32.1 Å². The standard InChI is InChI=1S/C14H16ClN3O2S/c1-20-7-6-16-8-13(19)18-14-17-12(9-21-14)10-4-2-3-5-11(10)15/h2-5,9,16H,6-8H2,1H3,(H,17,18,19). The molecule has 1 aromatic heterocycles. The molecule has 0 bridgehead atoms. The summed E-state index contributed by atoms with van der Waals surface area (Å²) in [6.07, 6.45) is 0. The van der Waals surface area contributed by atoms with E-state index in [1.54, 1.807) is 7.11 Å². The van der Waals surface area contributed by atoms with Gasteiger partial charge < -0.3 is 15.4 Å². The van der Waals surface area contributed by atoms with Crippen molar-refractivity contribution < 1.29 is 9.53 Å². The van der Waals surface area contributed by atoms with Crippen molar-refractivity contribution in [3.8, 4) is 11.3 Å². The van der Waals surface area contributed by atoms with Gasteiger partial charge in [-0.2, -0.15) is 0 Å². The maximum Gasteiger partial charge on any atom is 0.240 e. The third-order valence-corrected chi connectivity index (χ3v) is 3.76. The van der Waals surface area contributed by atoms with Crippen LogP contribution < -0.4 is 10.6 Å². The third-order valence-electron chi connectivity index (χ3n) is 2.67. The number of ether oxygens (including phenoxy) is 1. The van der Waals surface area contributed by atoms with Crippen LogP contribution in [0.1, 0.15) is 0 Å². The van der Waals surface area contributed by atoms with Crippen molar-refractivity contribution in [2.24, 2.45) is 0 Å². The Labute approximate surface area is 132 Å². The van der Waals surface area contributed by atoms with Crippen molar-refractivity contribution in [3.05, 3.63) is 34.7 Å². The molecule has 0 aliphatic carbocycles. The molecule has 0 unspecified atom stereocenters. The molecule has 2 N–H and O–H groups in total. The molecule has 0 aliphatic rings. The maximum atomic E-state index is 11.7. The van der Waals surface area contributed by atoms with Gasteiger partial charge in [-0.3, -0.25) is 4.79 Å². The fraction of sp³-hybridized carbons (Fsp3) is 0.286. The van der Waals surface area contributed by atoms with Crippen LogP contribution in [-0.4, -0.2) is 37.7 Å². The summed E-state index contributed by atoms with van der Waals surface area (Å²) in [6.45, 7) is 1.43. The van der Waals surface area contributed by atoms with E-state index in [1.165, 1.54) is 11.3 Å². The molecule has 0 atom stereocenters. The number of hydrogen-bond acceptors (Lipinski definition) is 5. The van der Waals surface area contributed by atoms with Crippen LogP contribution in [0.4, 0.5) is 5.13 Å². The molecule has 1 aromatic carbocycles. The van der Waals surface area contributed by atoms with Gasteiger partial charge in [0.2, 0.25) is 5.91 Å². The Kier molecular flexibility index (Phi) is 6.13. The fourth-order valence-corrected chi connectivity index (χ4v) is 2.62. The number of methoxy groups -OCH3 is 1. The zero-order chi connectivity index (χ0) is 15.1. The number of carbonyl (C=O) groups excluding carboxylic acids is 1. The summed E-state index contributed by atoms with van der Waals surface area (Å²) in [6, 6.07) is 7.48. The van der Waals surface area contributed by atoms with Gasteiger partial charge in [0.25, 0.3) is 0 Å². The summed E-state index contributed by atoms with van der Waals surface area (Å²) in [5, 5.41) is 8.79. The molecular formula is C14H16ClN3O2S. The highest BCUT2D eigenvalue weighted by Crippen LogP contribution is 2.30. The van der Waals surface area contributed by atoms with Gasteiger partial charge in [0.05, 0.1) is 18.8 Å². The van der Waals surface area contributed by atoms with Gasteiger partial charge in [0, 0.05) is 29.6 Å². The number of nitrogens with one attached hydrogen (secondary N) is 2. The number of amides is 1. The summed E-state index contributed by atoms with van der Waals surface area (Å²) in [5.74, 6) is -0.133. The van der Waals surface area contributed by atoms with Gasteiger partial charge in [-0.15, -0.1) is 11.3 Å². The second kappa shape index (κ2) is 8.09. The van der Waals surface area contributed by atoms with Crippen LogP contribution in [0.5, 0.6) is 0 Å². The van der Waals surface area contributed by atoms with Crippen LogP contribution in [-0.2, 0) is 9.53 Å². The van der Waals surface area contributed by atoms with Crippen LogP contribution in [0.15, 0.2) is 29.6 Å². The Morgan fingerprint density at radius 3 is 3.00 bits per heavy atom. The topological polar surface area (TPSA) is 63.2 Å². The predicted octanol–water partition coefficient (Wildman–Crippen LogP) is 2.64. The van der Waals surface area contributed by atoms with Crippen LogP contribution in [0.2, 0.25) is 5.02 Å². The SMILES string of the molecule is COCCNCC(=O)Nc1nc(-c2ccccc2Cl)cs1. The Bertz CT molecular complexity index is 603. The highest BCUT2D eigenvalue weighted by Gasteiger charge is 2.09. The largest absolute Gasteiger partial charge is 0.383 e. The smallest absolute Gasteiger partial charge is 0.240 e. The molecule has 5 nitrogen and oxygen atoms in total. The normalized spacial score (nSPS) is 10.6. The molecule has 0 fully saturated rings. The van der Waals surface area contributed by atoms with Gasteiger partial charge in [0.1, 0.15) is 0 Å². The van der Waals surface area contributed by atoms with Gasteiger partial charge in [-0.25, -0.2) is 4.98 Å². The molecular weight excluding hydrogens is 310 g/mol.